The molecule has 2 nitrogen and oxygen atoms in total. The summed E-state index contributed by atoms with van der Waals surface area (Å²) >= 11 is 0. The van der Waals surface area contributed by atoms with Gasteiger partial charge in [0, 0.05) is 45.1 Å². The number of piperazine rings is 1. The van der Waals surface area contributed by atoms with Gasteiger partial charge in [-0.15, -0.1) is 0 Å². The van der Waals surface area contributed by atoms with Gasteiger partial charge in [-0.2, -0.15) is 0 Å². The molecule has 1 aliphatic heterocycles. The molecule has 0 unspecified atom stereocenters. The van der Waals surface area contributed by atoms with Crippen molar-refractivity contribution in [3.63, 3.8) is 0 Å². The topological polar surface area (TPSA) is 15.3 Å². The summed E-state index contributed by atoms with van der Waals surface area (Å²) in [5.41, 5.74) is 0. The SMILES string of the molecule is FC(F)(CCN1CCNCC1)C1CCCCC1. The van der Waals surface area contributed by atoms with E-state index < -0.39 is 5.92 Å². The molecule has 1 aliphatic carbocycles. The summed E-state index contributed by atoms with van der Waals surface area (Å²) in [6, 6.07) is 0. The van der Waals surface area contributed by atoms with Crippen molar-refractivity contribution >= 4 is 0 Å². The van der Waals surface area contributed by atoms with Crippen LogP contribution in [-0.2, 0) is 0 Å². The molecular formula is C13H24F2N2. The van der Waals surface area contributed by atoms with Crippen LogP contribution >= 0.6 is 0 Å². The van der Waals surface area contributed by atoms with Crippen molar-refractivity contribution in [3.8, 4) is 0 Å². The minimum atomic E-state index is -2.44. The van der Waals surface area contributed by atoms with E-state index in [1.165, 1.54) is 0 Å². The fourth-order valence-electron chi connectivity index (χ4n) is 2.97. The standard InChI is InChI=1S/C13H24F2N2/c14-13(15,12-4-2-1-3-5-12)6-9-17-10-7-16-8-11-17/h12,16H,1-11H2. The Bertz CT molecular complexity index is 221. The van der Waals surface area contributed by atoms with Gasteiger partial charge in [0.05, 0.1) is 0 Å². The second-order valence-corrected chi connectivity index (χ2v) is 5.44. The van der Waals surface area contributed by atoms with Gasteiger partial charge in [0.1, 0.15) is 0 Å². The largest absolute Gasteiger partial charge is 0.314 e. The number of rotatable bonds is 4. The van der Waals surface area contributed by atoms with E-state index in [2.05, 4.69) is 10.2 Å². The summed E-state index contributed by atoms with van der Waals surface area (Å²) in [6.45, 7) is 4.27. The quantitative estimate of drug-likeness (QED) is 0.820. The molecule has 0 aromatic heterocycles. The normalized spacial score (nSPS) is 25.1. The van der Waals surface area contributed by atoms with Crippen molar-refractivity contribution in [2.75, 3.05) is 32.7 Å². The van der Waals surface area contributed by atoms with Crippen molar-refractivity contribution in [1.29, 1.82) is 0 Å². The summed E-state index contributed by atoms with van der Waals surface area (Å²) in [7, 11) is 0. The molecule has 0 radical (unpaired) electrons. The average molecular weight is 246 g/mol. The lowest BCUT2D eigenvalue weighted by atomic mass is 9.83. The van der Waals surface area contributed by atoms with Crippen LogP contribution in [0.2, 0.25) is 0 Å². The monoisotopic (exact) mass is 246 g/mol. The zero-order chi connectivity index (χ0) is 12.1. The highest BCUT2D eigenvalue weighted by Gasteiger charge is 2.39. The zero-order valence-electron chi connectivity index (χ0n) is 10.6. The number of hydrogen-bond donors (Lipinski definition) is 1. The van der Waals surface area contributed by atoms with Crippen LogP contribution in [0.5, 0.6) is 0 Å². The molecule has 0 aromatic rings. The highest BCUT2D eigenvalue weighted by atomic mass is 19.3. The summed E-state index contributed by atoms with van der Waals surface area (Å²) in [5.74, 6) is -2.79. The number of hydrogen-bond acceptors (Lipinski definition) is 2. The third kappa shape index (κ3) is 3.88. The highest BCUT2D eigenvalue weighted by Crippen LogP contribution is 2.38. The number of alkyl halides is 2. The first kappa shape index (κ1) is 13.2. The highest BCUT2D eigenvalue weighted by molar-refractivity contribution is 4.81. The summed E-state index contributed by atoms with van der Waals surface area (Å²) in [6.07, 6.45) is 4.65. The van der Waals surface area contributed by atoms with E-state index in [4.69, 9.17) is 0 Å². The van der Waals surface area contributed by atoms with Crippen LogP contribution in [0.4, 0.5) is 8.78 Å². The van der Waals surface area contributed by atoms with E-state index in [1.54, 1.807) is 0 Å². The average Bonchev–Trinajstić information content (AvgIpc) is 2.39. The molecule has 0 aromatic carbocycles. The molecule has 1 saturated heterocycles. The molecule has 1 heterocycles. The van der Waals surface area contributed by atoms with Crippen molar-refractivity contribution in [3.05, 3.63) is 0 Å². The first-order chi connectivity index (χ1) is 8.18. The van der Waals surface area contributed by atoms with Crippen LogP contribution in [0.3, 0.4) is 0 Å². The van der Waals surface area contributed by atoms with Gasteiger partial charge < -0.3 is 10.2 Å². The van der Waals surface area contributed by atoms with Gasteiger partial charge in [-0.1, -0.05) is 19.3 Å². The second-order valence-electron chi connectivity index (χ2n) is 5.44. The molecule has 2 rings (SSSR count). The van der Waals surface area contributed by atoms with Gasteiger partial charge in [0.25, 0.3) is 5.92 Å². The van der Waals surface area contributed by atoms with Crippen LogP contribution in [0.15, 0.2) is 0 Å². The summed E-state index contributed by atoms with van der Waals surface area (Å²) in [5, 5.41) is 3.25. The molecule has 2 aliphatic rings. The Morgan fingerprint density at radius 1 is 1.06 bits per heavy atom. The Morgan fingerprint density at radius 2 is 1.71 bits per heavy atom. The zero-order valence-corrected chi connectivity index (χ0v) is 10.6. The molecule has 0 bridgehead atoms. The lowest BCUT2D eigenvalue weighted by Gasteiger charge is -2.33. The molecule has 0 atom stereocenters. The lowest BCUT2D eigenvalue weighted by Crippen LogP contribution is -2.45. The van der Waals surface area contributed by atoms with E-state index in [0.29, 0.717) is 6.54 Å². The second kappa shape index (κ2) is 6.10. The predicted molar refractivity (Wildman–Crippen MR) is 65.4 cm³/mol. The third-order valence-corrected chi connectivity index (χ3v) is 4.17. The lowest BCUT2D eigenvalue weighted by molar-refractivity contribution is -0.0825. The molecule has 1 saturated carbocycles. The molecule has 4 heteroatoms. The van der Waals surface area contributed by atoms with Gasteiger partial charge >= 0.3 is 0 Å². The molecule has 0 amide bonds. The van der Waals surface area contributed by atoms with E-state index in [9.17, 15) is 8.78 Å². The Balaban J connectivity index is 1.75. The molecule has 100 valence electrons. The van der Waals surface area contributed by atoms with Crippen molar-refractivity contribution in [2.24, 2.45) is 5.92 Å². The first-order valence-corrected chi connectivity index (χ1v) is 6.99. The fraction of sp³-hybridized carbons (Fsp3) is 1.00. The van der Waals surface area contributed by atoms with Gasteiger partial charge in [0.15, 0.2) is 0 Å². The molecule has 1 N–H and O–H groups in total. The Morgan fingerprint density at radius 3 is 2.35 bits per heavy atom. The maximum atomic E-state index is 14.0. The van der Waals surface area contributed by atoms with Gasteiger partial charge in [-0.3, -0.25) is 0 Å². The van der Waals surface area contributed by atoms with Crippen molar-refractivity contribution in [1.82, 2.24) is 10.2 Å². The predicted octanol–water partition coefficient (Wildman–Crippen LogP) is 2.50. The van der Waals surface area contributed by atoms with Crippen molar-refractivity contribution in [2.45, 2.75) is 44.4 Å². The van der Waals surface area contributed by atoms with E-state index >= 15 is 0 Å². The molecular weight excluding hydrogens is 222 g/mol. The minimum Gasteiger partial charge on any atom is -0.314 e. The van der Waals surface area contributed by atoms with E-state index in [0.717, 1.165) is 58.3 Å². The molecule has 17 heavy (non-hydrogen) atoms. The van der Waals surface area contributed by atoms with Gasteiger partial charge in [0.2, 0.25) is 0 Å². The maximum absolute atomic E-state index is 14.0. The third-order valence-electron chi connectivity index (χ3n) is 4.17. The summed E-state index contributed by atoms with van der Waals surface area (Å²) in [4.78, 5) is 2.16. The van der Waals surface area contributed by atoms with Crippen molar-refractivity contribution < 1.29 is 8.78 Å². The molecule has 2 fully saturated rings. The van der Waals surface area contributed by atoms with Crippen LogP contribution in [0.25, 0.3) is 0 Å². The van der Waals surface area contributed by atoms with E-state index in [-0.39, 0.29) is 12.3 Å². The smallest absolute Gasteiger partial charge is 0.252 e. The Labute approximate surface area is 103 Å². The number of nitrogens with one attached hydrogen (secondary N) is 1. The Hall–Kier alpha value is -0.220. The summed E-state index contributed by atoms with van der Waals surface area (Å²) < 4.78 is 28.0. The fourth-order valence-corrected chi connectivity index (χ4v) is 2.97. The van der Waals surface area contributed by atoms with Crippen LogP contribution in [0, 0.1) is 5.92 Å². The van der Waals surface area contributed by atoms with Gasteiger partial charge in [-0.05, 0) is 12.8 Å². The molecule has 0 spiro atoms. The van der Waals surface area contributed by atoms with Crippen LogP contribution in [0.1, 0.15) is 38.5 Å². The van der Waals surface area contributed by atoms with Gasteiger partial charge in [-0.25, -0.2) is 8.78 Å². The number of nitrogens with zero attached hydrogens (tertiary/aromatic N) is 1. The van der Waals surface area contributed by atoms with E-state index in [1.807, 2.05) is 0 Å². The Kier molecular flexibility index (Phi) is 4.74. The van der Waals surface area contributed by atoms with Crippen LogP contribution in [-0.4, -0.2) is 43.5 Å². The first-order valence-electron chi connectivity index (χ1n) is 6.99. The maximum Gasteiger partial charge on any atom is 0.252 e. The minimum absolute atomic E-state index is 0.0532. The van der Waals surface area contributed by atoms with Crippen LogP contribution < -0.4 is 5.32 Å². The number of halogens is 2.